The average Bonchev–Trinajstić information content (AvgIpc) is 2.55. The number of nitrogens with one attached hydrogen (secondary N) is 1. The lowest BCUT2D eigenvalue weighted by Crippen LogP contribution is -2.41. The maximum absolute atomic E-state index is 10.2. The van der Waals surface area contributed by atoms with Crippen molar-refractivity contribution in [3.63, 3.8) is 0 Å². The largest absolute Gasteiger partial charge is 0.496 e. The van der Waals surface area contributed by atoms with Crippen LogP contribution in [0.3, 0.4) is 0 Å². The van der Waals surface area contributed by atoms with Crippen molar-refractivity contribution in [3.05, 3.63) is 54.1 Å². The first-order chi connectivity index (χ1) is 10.9. The molecule has 0 bridgehead atoms. The summed E-state index contributed by atoms with van der Waals surface area (Å²) in [4.78, 5) is 0. The lowest BCUT2D eigenvalue weighted by molar-refractivity contribution is 0.0140. The van der Waals surface area contributed by atoms with Crippen LogP contribution in [0.25, 0.3) is 11.1 Å². The first-order valence-corrected chi connectivity index (χ1v) is 8.09. The molecule has 2 N–H and O–H groups in total. The summed E-state index contributed by atoms with van der Waals surface area (Å²) in [6.45, 7) is 7.26. The number of para-hydroxylation sites is 1. The van der Waals surface area contributed by atoms with Gasteiger partial charge in [0.1, 0.15) is 5.75 Å². The molecule has 0 spiro atoms. The van der Waals surface area contributed by atoms with Gasteiger partial charge in [-0.2, -0.15) is 0 Å². The summed E-state index contributed by atoms with van der Waals surface area (Å²) in [7, 11) is 1.69. The van der Waals surface area contributed by atoms with Crippen LogP contribution >= 0.6 is 0 Å². The molecule has 1 unspecified atom stereocenters. The Labute approximate surface area is 139 Å². The maximum Gasteiger partial charge on any atom is 0.126 e. The Hall–Kier alpha value is -1.84. The Morgan fingerprint density at radius 3 is 2.35 bits per heavy atom. The number of benzene rings is 2. The van der Waals surface area contributed by atoms with Gasteiger partial charge in [0.05, 0.1) is 12.7 Å². The van der Waals surface area contributed by atoms with Gasteiger partial charge in [-0.1, -0.05) is 56.3 Å². The van der Waals surface area contributed by atoms with E-state index in [0.717, 1.165) is 23.4 Å². The van der Waals surface area contributed by atoms with E-state index in [4.69, 9.17) is 4.74 Å². The second-order valence-corrected chi connectivity index (χ2v) is 6.51. The predicted molar refractivity (Wildman–Crippen MR) is 95.6 cm³/mol. The summed E-state index contributed by atoms with van der Waals surface area (Å²) in [6.07, 6.45) is 0. The molecule has 23 heavy (non-hydrogen) atoms. The number of hydrogen-bond donors (Lipinski definition) is 2. The van der Waals surface area contributed by atoms with Crippen LogP contribution in [0.1, 0.15) is 26.3 Å². The Morgan fingerprint density at radius 1 is 1.09 bits per heavy atom. The van der Waals surface area contributed by atoms with Gasteiger partial charge in [0.2, 0.25) is 0 Å². The second kappa shape index (κ2) is 7.62. The predicted octanol–water partition coefficient (Wildman–Crippen LogP) is 3.86. The number of ether oxygens (including phenoxy) is 1. The van der Waals surface area contributed by atoms with Crippen LogP contribution in [0.15, 0.2) is 48.5 Å². The Bertz CT molecular complexity index is 618. The van der Waals surface area contributed by atoms with E-state index in [0.29, 0.717) is 6.54 Å². The van der Waals surface area contributed by atoms with E-state index >= 15 is 0 Å². The first-order valence-electron chi connectivity index (χ1n) is 8.09. The van der Waals surface area contributed by atoms with Crippen molar-refractivity contribution in [2.75, 3.05) is 13.7 Å². The molecule has 2 aromatic carbocycles. The van der Waals surface area contributed by atoms with Crippen molar-refractivity contribution in [3.8, 4) is 16.9 Å². The number of methoxy groups -OCH3 is 1. The number of aliphatic hydroxyl groups is 1. The minimum Gasteiger partial charge on any atom is -0.496 e. The fraction of sp³-hybridized carbons (Fsp3) is 0.400. The lowest BCUT2D eigenvalue weighted by atomic mass is 9.92. The van der Waals surface area contributed by atoms with Crippen LogP contribution in [0.5, 0.6) is 5.75 Å². The van der Waals surface area contributed by atoms with Crippen LogP contribution in [0, 0.1) is 5.92 Å². The summed E-state index contributed by atoms with van der Waals surface area (Å²) in [5, 5.41) is 13.6. The molecule has 0 aliphatic rings. The van der Waals surface area contributed by atoms with E-state index in [1.165, 1.54) is 5.56 Å². The van der Waals surface area contributed by atoms with Crippen molar-refractivity contribution >= 4 is 0 Å². The number of rotatable bonds is 7. The molecule has 0 saturated heterocycles. The summed E-state index contributed by atoms with van der Waals surface area (Å²) >= 11 is 0. The van der Waals surface area contributed by atoms with Gasteiger partial charge in [0.15, 0.2) is 0 Å². The van der Waals surface area contributed by atoms with Crippen LogP contribution in [-0.4, -0.2) is 24.4 Å². The minimum atomic E-state index is -0.683. The van der Waals surface area contributed by atoms with Crippen molar-refractivity contribution in [2.24, 2.45) is 5.92 Å². The topological polar surface area (TPSA) is 41.5 Å². The van der Waals surface area contributed by atoms with Crippen molar-refractivity contribution < 1.29 is 9.84 Å². The molecule has 0 amide bonds. The molecule has 2 rings (SSSR count). The highest BCUT2D eigenvalue weighted by Gasteiger charge is 2.23. The summed E-state index contributed by atoms with van der Waals surface area (Å²) in [5.41, 5.74) is 2.75. The van der Waals surface area contributed by atoms with Gasteiger partial charge >= 0.3 is 0 Å². The fourth-order valence-electron chi connectivity index (χ4n) is 2.35. The molecule has 0 aromatic heterocycles. The smallest absolute Gasteiger partial charge is 0.126 e. The normalized spacial score (nSPS) is 13.8. The zero-order valence-electron chi connectivity index (χ0n) is 14.5. The van der Waals surface area contributed by atoms with E-state index in [1.807, 2.05) is 39.0 Å². The molecule has 0 aliphatic carbocycles. The van der Waals surface area contributed by atoms with Crippen molar-refractivity contribution in [1.29, 1.82) is 0 Å². The van der Waals surface area contributed by atoms with Crippen molar-refractivity contribution in [2.45, 2.75) is 32.9 Å². The lowest BCUT2D eigenvalue weighted by Gasteiger charge is -2.28. The molecule has 1 atom stereocenters. The van der Waals surface area contributed by atoms with Crippen molar-refractivity contribution in [1.82, 2.24) is 5.32 Å². The third-order valence-electron chi connectivity index (χ3n) is 4.43. The van der Waals surface area contributed by atoms with E-state index in [2.05, 4.69) is 35.6 Å². The number of hydrogen-bond acceptors (Lipinski definition) is 3. The van der Waals surface area contributed by atoms with Gasteiger partial charge in [-0.05, 0) is 30.0 Å². The average molecular weight is 313 g/mol. The highest BCUT2D eigenvalue weighted by molar-refractivity contribution is 5.70. The zero-order valence-corrected chi connectivity index (χ0v) is 14.5. The monoisotopic (exact) mass is 313 g/mol. The second-order valence-electron chi connectivity index (χ2n) is 6.51. The molecule has 124 valence electrons. The molecule has 0 aliphatic heterocycles. The molecule has 3 nitrogen and oxygen atoms in total. The summed E-state index contributed by atoms with van der Waals surface area (Å²) < 4.78 is 5.41. The molecule has 3 heteroatoms. The van der Waals surface area contributed by atoms with Gasteiger partial charge in [0, 0.05) is 18.7 Å². The first kappa shape index (κ1) is 17.5. The molecular weight excluding hydrogens is 286 g/mol. The summed E-state index contributed by atoms with van der Waals surface area (Å²) in [6, 6.07) is 16.5. The molecule has 0 saturated carbocycles. The van der Waals surface area contributed by atoms with Crippen LogP contribution in [-0.2, 0) is 6.54 Å². The van der Waals surface area contributed by atoms with E-state index in [-0.39, 0.29) is 5.92 Å². The molecule has 0 heterocycles. The van der Waals surface area contributed by atoms with Gasteiger partial charge in [-0.15, -0.1) is 0 Å². The Kier molecular flexibility index (Phi) is 5.80. The molecule has 0 fully saturated rings. The third kappa shape index (κ3) is 4.57. The fourth-order valence-corrected chi connectivity index (χ4v) is 2.35. The van der Waals surface area contributed by atoms with Gasteiger partial charge < -0.3 is 15.2 Å². The molecular formula is C20H27NO2. The maximum atomic E-state index is 10.2. The Morgan fingerprint density at radius 2 is 1.74 bits per heavy atom. The molecule has 2 aromatic rings. The Balaban J connectivity index is 2.00. The van der Waals surface area contributed by atoms with E-state index in [1.54, 1.807) is 7.11 Å². The van der Waals surface area contributed by atoms with E-state index < -0.39 is 5.60 Å². The zero-order chi connectivity index (χ0) is 16.9. The van der Waals surface area contributed by atoms with Gasteiger partial charge in [-0.25, -0.2) is 0 Å². The SMILES string of the molecule is COc1ccccc1-c1ccc(CNCC(C)(O)C(C)C)cc1. The van der Waals surface area contributed by atoms with Crippen LogP contribution < -0.4 is 10.1 Å². The third-order valence-corrected chi connectivity index (χ3v) is 4.43. The van der Waals surface area contributed by atoms with E-state index in [9.17, 15) is 5.11 Å². The van der Waals surface area contributed by atoms with Crippen LogP contribution in [0.4, 0.5) is 0 Å². The van der Waals surface area contributed by atoms with Gasteiger partial charge in [0.25, 0.3) is 0 Å². The quantitative estimate of drug-likeness (QED) is 0.815. The van der Waals surface area contributed by atoms with Crippen LogP contribution in [0.2, 0.25) is 0 Å². The van der Waals surface area contributed by atoms with Gasteiger partial charge in [-0.3, -0.25) is 0 Å². The molecule has 0 radical (unpaired) electrons. The minimum absolute atomic E-state index is 0.225. The summed E-state index contributed by atoms with van der Waals surface area (Å²) in [5.74, 6) is 1.11. The standard InChI is InChI=1S/C20H27NO2/c1-15(2)20(3,22)14-21-13-16-9-11-17(12-10-16)18-7-5-6-8-19(18)23-4/h5-12,15,21-22H,13-14H2,1-4H3. The highest BCUT2D eigenvalue weighted by atomic mass is 16.5. The highest BCUT2D eigenvalue weighted by Crippen LogP contribution is 2.29.